The fourth-order valence-electron chi connectivity index (χ4n) is 2.30. The van der Waals surface area contributed by atoms with Crippen LogP contribution in [-0.4, -0.2) is 18.1 Å². The summed E-state index contributed by atoms with van der Waals surface area (Å²) in [5.74, 6) is 1.74. The molecule has 2 heterocycles. The van der Waals surface area contributed by atoms with Gasteiger partial charge in [-0.15, -0.1) is 0 Å². The minimum Gasteiger partial charge on any atom is -0.356 e. The molecular weight excluding hydrogens is 210 g/mol. The Morgan fingerprint density at radius 1 is 1.47 bits per heavy atom. The van der Waals surface area contributed by atoms with Crippen molar-refractivity contribution < 1.29 is 0 Å². The van der Waals surface area contributed by atoms with Gasteiger partial charge in [-0.2, -0.15) is 5.26 Å². The van der Waals surface area contributed by atoms with Crippen LogP contribution in [0.4, 0.5) is 5.82 Å². The predicted molar refractivity (Wildman–Crippen MR) is 68.7 cm³/mol. The molecule has 1 atom stereocenters. The molecule has 3 heteroatoms. The number of hydrogen-bond donors (Lipinski definition) is 0. The maximum atomic E-state index is 8.75. The molecule has 1 saturated heterocycles. The first-order valence-electron chi connectivity index (χ1n) is 6.14. The van der Waals surface area contributed by atoms with Gasteiger partial charge >= 0.3 is 0 Å². The second-order valence-corrected chi connectivity index (χ2v) is 5.62. The summed E-state index contributed by atoms with van der Waals surface area (Å²) in [5, 5.41) is 8.75. The largest absolute Gasteiger partial charge is 0.356 e. The number of aromatic nitrogens is 1. The van der Waals surface area contributed by atoms with Gasteiger partial charge in [0.15, 0.2) is 0 Å². The van der Waals surface area contributed by atoms with Crippen molar-refractivity contribution >= 4 is 5.82 Å². The molecule has 0 bridgehead atoms. The molecule has 0 amide bonds. The minimum atomic E-state index is 0.327. The molecule has 90 valence electrons. The second-order valence-electron chi connectivity index (χ2n) is 5.62. The molecule has 0 radical (unpaired) electrons. The van der Waals surface area contributed by atoms with Crippen LogP contribution in [0.1, 0.15) is 32.8 Å². The van der Waals surface area contributed by atoms with Gasteiger partial charge < -0.3 is 4.90 Å². The molecule has 3 nitrogen and oxygen atoms in total. The van der Waals surface area contributed by atoms with Crippen LogP contribution in [-0.2, 0) is 0 Å². The summed E-state index contributed by atoms with van der Waals surface area (Å²) in [6, 6.07) is 5.89. The lowest BCUT2D eigenvalue weighted by Crippen LogP contribution is -2.45. The zero-order valence-electron chi connectivity index (χ0n) is 10.8. The number of nitriles is 1. The summed E-state index contributed by atoms with van der Waals surface area (Å²) in [7, 11) is 0. The van der Waals surface area contributed by atoms with E-state index in [1.54, 1.807) is 6.20 Å². The smallest absolute Gasteiger partial charge is 0.128 e. The first-order chi connectivity index (χ1) is 8.03. The van der Waals surface area contributed by atoms with Gasteiger partial charge in [-0.25, -0.2) is 4.98 Å². The van der Waals surface area contributed by atoms with Crippen molar-refractivity contribution in [3.63, 3.8) is 0 Å². The van der Waals surface area contributed by atoms with E-state index in [4.69, 9.17) is 5.26 Å². The molecular formula is C14H19N3. The number of nitrogens with zero attached hydrogens (tertiary/aromatic N) is 3. The number of anilines is 1. The van der Waals surface area contributed by atoms with Gasteiger partial charge in [-0.05, 0) is 29.9 Å². The van der Waals surface area contributed by atoms with E-state index in [0.29, 0.717) is 11.0 Å². The molecule has 1 unspecified atom stereocenters. The topological polar surface area (TPSA) is 39.9 Å². The highest BCUT2D eigenvalue weighted by atomic mass is 15.2. The van der Waals surface area contributed by atoms with Crippen LogP contribution in [0.2, 0.25) is 0 Å². The third-order valence-corrected chi connectivity index (χ3v) is 3.97. The maximum Gasteiger partial charge on any atom is 0.128 e. The molecule has 0 aromatic carbocycles. The number of pyridine rings is 1. The molecule has 1 aromatic heterocycles. The molecule has 17 heavy (non-hydrogen) atoms. The number of rotatable bonds is 1. The first-order valence-corrected chi connectivity index (χ1v) is 6.14. The SMILES string of the molecule is CC1CCN(c2ccc(C#N)cn2)CC1(C)C. The molecule has 1 fully saturated rings. The van der Waals surface area contributed by atoms with Crippen LogP contribution in [0.15, 0.2) is 18.3 Å². The highest BCUT2D eigenvalue weighted by molar-refractivity contribution is 5.42. The summed E-state index contributed by atoms with van der Waals surface area (Å²) in [5.41, 5.74) is 0.951. The van der Waals surface area contributed by atoms with Crippen molar-refractivity contribution in [3.05, 3.63) is 23.9 Å². The zero-order chi connectivity index (χ0) is 12.5. The highest BCUT2D eigenvalue weighted by Gasteiger charge is 2.33. The molecule has 0 N–H and O–H groups in total. The fraction of sp³-hybridized carbons (Fsp3) is 0.571. The lowest BCUT2D eigenvalue weighted by molar-refractivity contribution is 0.193. The lowest BCUT2D eigenvalue weighted by Gasteiger charge is -2.43. The third kappa shape index (κ3) is 2.41. The Hall–Kier alpha value is -1.56. The van der Waals surface area contributed by atoms with Crippen LogP contribution in [0, 0.1) is 22.7 Å². The Kier molecular flexibility index (Phi) is 3.06. The molecule has 1 aromatic rings. The minimum absolute atomic E-state index is 0.327. The van der Waals surface area contributed by atoms with E-state index in [0.717, 1.165) is 24.8 Å². The van der Waals surface area contributed by atoms with Crippen molar-refractivity contribution in [1.82, 2.24) is 4.98 Å². The molecule has 0 aliphatic carbocycles. The van der Waals surface area contributed by atoms with E-state index in [1.165, 1.54) is 6.42 Å². The van der Waals surface area contributed by atoms with Crippen molar-refractivity contribution in [1.29, 1.82) is 5.26 Å². The third-order valence-electron chi connectivity index (χ3n) is 3.97. The van der Waals surface area contributed by atoms with Crippen molar-refractivity contribution in [2.75, 3.05) is 18.0 Å². The van der Waals surface area contributed by atoms with Gasteiger partial charge in [0.1, 0.15) is 11.9 Å². The Bertz CT molecular complexity index is 428. The summed E-state index contributed by atoms with van der Waals surface area (Å²) in [4.78, 5) is 6.69. The van der Waals surface area contributed by atoms with Gasteiger partial charge in [0, 0.05) is 19.3 Å². The van der Waals surface area contributed by atoms with Crippen LogP contribution in [0.5, 0.6) is 0 Å². The van der Waals surface area contributed by atoms with Crippen LogP contribution >= 0.6 is 0 Å². The van der Waals surface area contributed by atoms with Gasteiger partial charge in [-0.3, -0.25) is 0 Å². The quantitative estimate of drug-likeness (QED) is 0.743. The van der Waals surface area contributed by atoms with Crippen LogP contribution in [0.25, 0.3) is 0 Å². The Morgan fingerprint density at radius 3 is 2.76 bits per heavy atom. The highest BCUT2D eigenvalue weighted by Crippen LogP contribution is 2.35. The monoisotopic (exact) mass is 229 g/mol. The summed E-state index contributed by atoms with van der Waals surface area (Å²) >= 11 is 0. The molecule has 1 aliphatic rings. The van der Waals surface area contributed by atoms with Gasteiger partial charge in [0.05, 0.1) is 5.56 Å². The normalized spacial score (nSPS) is 23.2. The lowest BCUT2D eigenvalue weighted by atomic mass is 9.75. The molecule has 0 saturated carbocycles. The number of piperidine rings is 1. The Morgan fingerprint density at radius 2 is 2.24 bits per heavy atom. The second kappa shape index (κ2) is 4.37. The maximum absolute atomic E-state index is 8.75. The summed E-state index contributed by atoms with van der Waals surface area (Å²) < 4.78 is 0. The standard InChI is InChI=1S/C14H19N3/c1-11-6-7-17(10-14(11,2)3)13-5-4-12(8-15)9-16-13/h4-5,9,11H,6-7,10H2,1-3H3. The van der Waals surface area contributed by atoms with E-state index in [9.17, 15) is 0 Å². The summed E-state index contributed by atoms with van der Waals surface area (Å²) in [6.07, 6.45) is 2.86. The summed E-state index contributed by atoms with van der Waals surface area (Å²) in [6.45, 7) is 9.04. The van der Waals surface area contributed by atoms with Crippen molar-refractivity contribution in [3.8, 4) is 6.07 Å². The van der Waals surface area contributed by atoms with Gasteiger partial charge in [0.2, 0.25) is 0 Å². The van der Waals surface area contributed by atoms with Crippen LogP contribution < -0.4 is 4.90 Å². The Labute approximate surface area is 103 Å². The van der Waals surface area contributed by atoms with E-state index >= 15 is 0 Å². The van der Waals surface area contributed by atoms with Gasteiger partial charge in [-0.1, -0.05) is 20.8 Å². The van der Waals surface area contributed by atoms with Gasteiger partial charge in [0.25, 0.3) is 0 Å². The zero-order valence-corrected chi connectivity index (χ0v) is 10.8. The van der Waals surface area contributed by atoms with Crippen molar-refractivity contribution in [2.45, 2.75) is 27.2 Å². The molecule has 0 spiro atoms. The van der Waals surface area contributed by atoms with E-state index in [-0.39, 0.29) is 0 Å². The molecule has 2 rings (SSSR count). The van der Waals surface area contributed by atoms with E-state index in [2.05, 4.69) is 36.7 Å². The fourth-order valence-corrected chi connectivity index (χ4v) is 2.30. The average molecular weight is 229 g/mol. The number of hydrogen-bond acceptors (Lipinski definition) is 3. The Balaban J connectivity index is 2.15. The van der Waals surface area contributed by atoms with E-state index in [1.807, 2.05) is 12.1 Å². The van der Waals surface area contributed by atoms with E-state index < -0.39 is 0 Å². The first kappa shape index (κ1) is 11.9. The molecule has 1 aliphatic heterocycles. The van der Waals surface area contributed by atoms with Crippen LogP contribution in [0.3, 0.4) is 0 Å². The van der Waals surface area contributed by atoms with Crippen molar-refractivity contribution in [2.24, 2.45) is 11.3 Å². The average Bonchev–Trinajstić information content (AvgIpc) is 2.33. The predicted octanol–water partition coefficient (Wildman–Crippen LogP) is 2.83.